The number of hydrogen-bond donors (Lipinski definition) is 1. The maximum absolute atomic E-state index is 14.2. The monoisotopic (exact) mass is 443 g/mol. The van der Waals surface area contributed by atoms with E-state index in [-0.39, 0.29) is 28.2 Å². The van der Waals surface area contributed by atoms with Gasteiger partial charge in [0, 0.05) is 11.1 Å². The number of carbonyl (C=O) groups is 1. The average molecular weight is 444 g/mol. The summed E-state index contributed by atoms with van der Waals surface area (Å²) in [5.41, 5.74) is 2.02. The number of anilines is 1. The van der Waals surface area contributed by atoms with Crippen molar-refractivity contribution in [3.05, 3.63) is 63.8 Å². The molecule has 2 aromatic rings. The second-order valence-electron chi connectivity index (χ2n) is 9.43. The van der Waals surface area contributed by atoms with E-state index in [9.17, 15) is 14.3 Å². The van der Waals surface area contributed by atoms with Crippen LogP contribution in [0.2, 0.25) is 0 Å². The lowest BCUT2D eigenvalue weighted by Gasteiger charge is -2.28. The quantitative estimate of drug-likeness (QED) is 0.423. The average Bonchev–Trinajstić information content (AvgIpc) is 2.88. The third-order valence-corrected chi connectivity index (χ3v) is 6.24. The van der Waals surface area contributed by atoms with Gasteiger partial charge in [-0.25, -0.2) is 4.39 Å². The predicted molar refractivity (Wildman–Crippen MR) is 128 cm³/mol. The molecule has 0 bridgehead atoms. The maximum Gasteiger partial charge on any atom is 0.270 e. The number of carbonyl (C=O) groups excluding carboxylic acids is 1. The largest absolute Gasteiger partial charge is 0.507 e. The highest BCUT2D eigenvalue weighted by atomic mass is 32.2. The van der Waals surface area contributed by atoms with Crippen LogP contribution in [0, 0.1) is 5.82 Å². The summed E-state index contributed by atoms with van der Waals surface area (Å²) in [6.07, 6.45) is 1.77. The van der Waals surface area contributed by atoms with Crippen LogP contribution in [0.1, 0.15) is 58.2 Å². The predicted octanol–water partition coefficient (Wildman–Crippen LogP) is 6.53. The van der Waals surface area contributed by atoms with Crippen molar-refractivity contribution in [2.75, 3.05) is 4.90 Å². The van der Waals surface area contributed by atoms with Gasteiger partial charge in [0.2, 0.25) is 0 Å². The number of nitrogens with zero attached hydrogens (tertiary/aromatic N) is 1. The van der Waals surface area contributed by atoms with Gasteiger partial charge in [-0.15, -0.1) is 0 Å². The topological polar surface area (TPSA) is 40.5 Å². The van der Waals surface area contributed by atoms with E-state index in [2.05, 4.69) is 0 Å². The number of rotatable bonds is 2. The molecule has 0 atom stereocenters. The molecule has 1 aliphatic rings. The van der Waals surface area contributed by atoms with Gasteiger partial charge in [-0.3, -0.25) is 9.69 Å². The summed E-state index contributed by atoms with van der Waals surface area (Å²) in [6, 6.07) is 9.90. The first-order valence-electron chi connectivity index (χ1n) is 9.71. The zero-order chi connectivity index (χ0) is 22.4. The molecule has 0 spiro atoms. The van der Waals surface area contributed by atoms with Crippen LogP contribution in [0.15, 0.2) is 41.3 Å². The molecular weight excluding hydrogens is 417 g/mol. The van der Waals surface area contributed by atoms with Crippen molar-refractivity contribution < 1.29 is 14.3 Å². The summed E-state index contributed by atoms with van der Waals surface area (Å²) >= 11 is 6.51. The number of amides is 1. The normalized spacial score (nSPS) is 16.6. The molecule has 0 aliphatic carbocycles. The highest BCUT2D eigenvalue weighted by Gasteiger charge is 2.35. The van der Waals surface area contributed by atoms with E-state index in [4.69, 9.17) is 12.2 Å². The number of thioether (sulfide) groups is 1. The maximum atomic E-state index is 14.2. The number of halogens is 1. The number of aromatic hydroxyl groups is 1. The molecule has 2 aromatic carbocycles. The molecular formula is C24H26FNO2S2. The van der Waals surface area contributed by atoms with E-state index in [0.29, 0.717) is 9.23 Å². The van der Waals surface area contributed by atoms with Crippen molar-refractivity contribution >= 4 is 46.0 Å². The minimum atomic E-state index is -0.496. The molecule has 1 N–H and O–H groups in total. The van der Waals surface area contributed by atoms with Gasteiger partial charge in [-0.1, -0.05) is 77.7 Å². The number of hydrogen-bond acceptors (Lipinski definition) is 4. The Morgan fingerprint density at radius 2 is 1.57 bits per heavy atom. The molecule has 1 fully saturated rings. The first kappa shape index (κ1) is 22.5. The lowest BCUT2D eigenvalue weighted by Crippen LogP contribution is -2.28. The van der Waals surface area contributed by atoms with E-state index >= 15 is 0 Å². The fraction of sp³-hybridized carbons (Fsp3) is 0.333. The van der Waals surface area contributed by atoms with E-state index in [1.165, 1.54) is 11.0 Å². The lowest BCUT2D eigenvalue weighted by atomic mass is 9.78. The van der Waals surface area contributed by atoms with Crippen LogP contribution in [0.25, 0.3) is 6.08 Å². The van der Waals surface area contributed by atoms with Crippen molar-refractivity contribution in [3.8, 4) is 5.75 Å². The van der Waals surface area contributed by atoms with Crippen LogP contribution in [0.5, 0.6) is 5.75 Å². The van der Waals surface area contributed by atoms with Crippen LogP contribution in [0.4, 0.5) is 10.1 Å². The Hall–Kier alpha value is -2.18. The zero-order valence-electron chi connectivity index (χ0n) is 18.0. The highest BCUT2D eigenvalue weighted by Crippen LogP contribution is 2.42. The standard InChI is InChI=1S/C24H26FNO2S2/c1-23(2,3)15-11-14(12-16(20(15)27)24(4,5)6)13-19-21(28)26(22(29)30-19)18-10-8-7-9-17(18)25/h7-13,27H,1-6H3/b19-13+. The number of benzene rings is 2. The fourth-order valence-corrected chi connectivity index (χ4v) is 4.63. The SMILES string of the molecule is CC(C)(C)c1cc(/C=C2/SC(=S)N(c3ccccc3F)C2=O)cc(C(C)(C)C)c1O. The Morgan fingerprint density at radius 1 is 1.03 bits per heavy atom. The lowest BCUT2D eigenvalue weighted by molar-refractivity contribution is -0.113. The van der Waals surface area contributed by atoms with Gasteiger partial charge < -0.3 is 5.11 Å². The zero-order valence-corrected chi connectivity index (χ0v) is 19.7. The van der Waals surface area contributed by atoms with E-state index < -0.39 is 5.82 Å². The first-order chi connectivity index (χ1) is 13.8. The number of thiocarbonyl (C=S) groups is 1. The van der Waals surface area contributed by atoms with Crippen molar-refractivity contribution in [3.63, 3.8) is 0 Å². The number of phenols is 1. The van der Waals surface area contributed by atoms with Crippen LogP contribution >= 0.6 is 24.0 Å². The molecule has 0 unspecified atom stereocenters. The van der Waals surface area contributed by atoms with Gasteiger partial charge >= 0.3 is 0 Å². The summed E-state index contributed by atoms with van der Waals surface area (Å²) in [4.78, 5) is 14.7. The minimum Gasteiger partial charge on any atom is -0.507 e. The molecule has 6 heteroatoms. The smallest absolute Gasteiger partial charge is 0.270 e. The fourth-order valence-electron chi connectivity index (χ4n) is 3.34. The van der Waals surface area contributed by atoms with Gasteiger partial charge in [-0.05, 0) is 46.7 Å². The second kappa shape index (κ2) is 7.82. The number of para-hydroxylation sites is 1. The highest BCUT2D eigenvalue weighted by molar-refractivity contribution is 8.27. The minimum absolute atomic E-state index is 0.153. The van der Waals surface area contributed by atoms with Gasteiger partial charge in [0.25, 0.3) is 5.91 Å². The van der Waals surface area contributed by atoms with Crippen LogP contribution < -0.4 is 4.90 Å². The van der Waals surface area contributed by atoms with E-state index in [1.54, 1.807) is 24.3 Å². The number of phenolic OH excluding ortho intramolecular Hbond substituents is 1. The Balaban J connectivity index is 2.10. The Morgan fingerprint density at radius 3 is 2.07 bits per heavy atom. The second-order valence-corrected chi connectivity index (χ2v) is 11.1. The van der Waals surface area contributed by atoms with Crippen LogP contribution in [0.3, 0.4) is 0 Å². The first-order valence-corrected chi connectivity index (χ1v) is 10.9. The third-order valence-electron chi connectivity index (χ3n) is 4.93. The molecule has 3 nitrogen and oxygen atoms in total. The molecule has 1 heterocycles. The van der Waals surface area contributed by atoms with Gasteiger partial charge in [0.05, 0.1) is 10.6 Å². The van der Waals surface area contributed by atoms with Gasteiger partial charge in [-0.2, -0.15) is 0 Å². The van der Waals surface area contributed by atoms with Crippen molar-refractivity contribution in [1.29, 1.82) is 0 Å². The summed E-state index contributed by atoms with van der Waals surface area (Å²) in [6.45, 7) is 12.2. The molecule has 1 saturated heterocycles. The van der Waals surface area contributed by atoms with Crippen molar-refractivity contribution in [2.24, 2.45) is 0 Å². The molecule has 0 radical (unpaired) electrons. The van der Waals surface area contributed by atoms with Crippen LogP contribution in [-0.4, -0.2) is 15.3 Å². The Labute approximate surface area is 187 Å². The molecule has 30 heavy (non-hydrogen) atoms. The molecule has 158 valence electrons. The Kier molecular flexibility index (Phi) is 5.87. The summed E-state index contributed by atoms with van der Waals surface area (Å²) < 4.78 is 14.5. The summed E-state index contributed by atoms with van der Waals surface area (Å²) in [7, 11) is 0. The van der Waals surface area contributed by atoms with Gasteiger partial charge in [0.15, 0.2) is 4.32 Å². The molecule has 0 saturated carbocycles. The van der Waals surface area contributed by atoms with E-state index in [0.717, 1.165) is 28.5 Å². The Bertz CT molecular complexity index is 1030. The van der Waals surface area contributed by atoms with Crippen molar-refractivity contribution in [2.45, 2.75) is 52.4 Å². The molecule has 3 rings (SSSR count). The van der Waals surface area contributed by atoms with Gasteiger partial charge in [0.1, 0.15) is 11.6 Å². The molecule has 0 aromatic heterocycles. The third kappa shape index (κ3) is 4.30. The molecule has 1 aliphatic heterocycles. The summed E-state index contributed by atoms with van der Waals surface area (Å²) in [5, 5.41) is 10.9. The van der Waals surface area contributed by atoms with Crippen LogP contribution in [-0.2, 0) is 15.6 Å². The van der Waals surface area contributed by atoms with E-state index in [1.807, 2.05) is 53.7 Å². The summed E-state index contributed by atoms with van der Waals surface area (Å²) in [5.74, 6) is -0.562. The van der Waals surface area contributed by atoms with Crippen molar-refractivity contribution in [1.82, 2.24) is 0 Å². The molecule has 1 amide bonds.